The monoisotopic (exact) mass is 414 g/mol. The molecule has 30 heavy (non-hydrogen) atoms. The van der Waals surface area contributed by atoms with E-state index in [0.717, 1.165) is 56.8 Å². The second kappa shape index (κ2) is 7.86. The SMILES string of the molecule is O=c1c2ccccc2nc(C2CCCN2Cc2nnc3n2CCCC3)n1CC(F)F. The molecular formula is C21H24F2N6O. The quantitative estimate of drug-likeness (QED) is 0.642. The van der Waals surface area contributed by atoms with Gasteiger partial charge in [0.05, 0.1) is 30.0 Å². The average molecular weight is 414 g/mol. The fraction of sp³-hybridized carbons (Fsp3) is 0.524. The van der Waals surface area contributed by atoms with Crippen molar-refractivity contribution in [3.63, 3.8) is 0 Å². The summed E-state index contributed by atoms with van der Waals surface area (Å²) in [5.74, 6) is 2.35. The molecule has 3 aromatic rings. The molecule has 0 radical (unpaired) electrons. The van der Waals surface area contributed by atoms with Crippen LogP contribution in [0, 0.1) is 0 Å². The molecule has 0 bridgehead atoms. The van der Waals surface area contributed by atoms with Crippen LogP contribution in [0.15, 0.2) is 29.1 Å². The molecule has 158 valence electrons. The van der Waals surface area contributed by atoms with Crippen LogP contribution in [0.2, 0.25) is 0 Å². The lowest BCUT2D eigenvalue weighted by molar-refractivity contribution is 0.120. The highest BCUT2D eigenvalue weighted by Gasteiger charge is 2.32. The Labute approximate surface area is 172 Å². The van der Waals surface area contributed by atoms with Crippen LogP contribution in [0.5, 0.6) is 0 Å². The van der Waals surface area contributed by atoms with E-state index in [4.69, 9.17) is 0 Å². The van der Waals surface area contributed by atoms with Gasteiger partial charge in [0.15, 0.2) is 0 Å². The standard InChI is InChI=1S/C21H24F2N6O/c22-17(23)12-29-20(24-15-7-2-1-6-14(15)21(29)30)16-8-5-10-27(16)13-19-26-25-18-9-3-4-11-28(18)19/h1-2,6-7,16-17H,3-5,8-13H2. The third-order valence-corrected chi connectivity index (χ3v) is 6.15. The maximum Gasteiger partial charge on any atom is 0.261 e. The van der Waals surface area contributed by atoms with Crippen LogP contribution < -0.4 is 5.56 Å². The highest BCUT2D eigenvalue weighted by Crippen LogP contribution is 2.33. The van der Waals surface area contributed by atoms with Crippen molar-refractivity contribution < 1.29 is 8.78 Å². The molecule has 0 N–H and O–H groups in total. The zero-order valence-electron chi connectivity index (χ0n) is 16.7. The summed E-state index contributed by atoms with van der Waals surface area (Å²) in [6, 6.07) is 6.75. The molecule has 0 spiro atoms. The van der Waals surface area contributed by atoms with E-state index < -0.39 is 18.5 Å². The third-order valence-electron chi connectivity index (χ3n) is 6.15. The fourth-order valence-electron chi connectivity index (χ4n) is 4.73. The lowest BCUT2D eigenvalue weighted by atomic mass is 10.1. The first kappa shape index (κ1) is 19.3. The van der Waals surface area contributed by atoms with Crippen LogP contribution >= 0.6 is 0 Å². The first-order chi connectivity index (χ1) is 14.6. The molecule has 1 unspecified atom stereocenters. The van der Waals surface area contributed by atoms with Gasteiger partial charge in [-0.05, 0) is 44.4 Å². The number of halogens is 2. The number of rotatable bonds is 5. The number of para-hydroxylation sites is 1. The van der Waals surface area contributed by atoms with E-state index in [1.165, 1.54) is 4.57 Å². The van der Waals surface area contributed by atoms with Crippen LogP contribution in [-0.2, 0) is 26.1 Å². The predicted octanol–water partition coefficient (Wildman–Crippen LogP) is 2.93. The lowest BCUT2D eigenvalue weighted by Gasteiger charge is -2.26. The van der Waals surface area contributed by atoms with Gasteiger partial charge < -0.3 is 4.57 Å². The van der Waals surface area contributed by atoms with Gasteiger partial charge in [0, 0.05) is 13.0 Å². The molecule has 9 heteroatoms. The van der Waals surface area contributed by atoms with Crippen LogP contribution in [-0.4, -0.2) is 42.2 Å². The summed E-state index contributed by atoms with van der Waals surface area (Å²) in [5.41, 5.74) is 0.150. The summed E-state index contributed by atoms with van der Waals surface area (Å²) in [6.45, 7) is 1.66. The summed E-state index contributed by atoms with van der Waals surface area (Å²) >= 11 is 0. The Hall–Kier alpha value is -2.68. The van der Waals surface area contributed by atoms with Crippen LogP contribution in [0.1, 0.15) is 49.2 Å². The van der Waals surface area contributed by atoms with E-state index >= 15 is 0 Å². The van der Waals surface area contributed by atoms with Crippen molar-refractivity contribution in [2.75, 3.05) is 6.54 Å². The van der Waals surface area contributed by atoms with E-state index in [-0.39, 0.29) is 6.04 Å². The van der Waals surface area contributed by atoms with Crippen molar-refractivity contribution in [2.45, 2.75) is 64.2 Å². The molecule has 1 fully saturated rings. The second-order valence-corrected chi connectivity index (χ2v) is 8.06. The molecule has 0 saturated carbocycles. The Morgan fingerprint density at radius 3 is 2.83 bits per heavy atom. The smallest absolute Gasteiger partial charge is 0.261 e. The van der Waals surface area contributed by atoms with Crippen LogP contribution in [0.25, 0.3) is 10.9 Å². The number of fused-ring (bicyclic) bond motifs is 2. The zero-order chi connectivity index (χ0) is 20.7. The summed E-state index contributed by atoms with van der Waals surface area (Å²) in [6.07, 6.45) is 2.25. The van der Waals surface area contributed by atoms with Gasteiger partial charge in [0.2, 0.25) is 0 Å². The minimum Gasteiger partial charge on any atom is -0.314 e. The molecule has 7 nitrogen and oxygen atoms in total. The highest BCUT2D eigenvalue weighted by molar-refractivity contribution is 5.77. The molecule has 1 saturated heterocycles. The van der Waals surface area contributed by atoms with Gasteiger partial charge in [0.25, 0.3) is 12.0 Å². The van der Waals surface area contributed by atoms with Gasteiger partial charge in [-0.3, -0.25) is 14.3 Å². The fourth-order valence-corrected chi connectivity index (χ4v) is 4.73. The number of likely N-dealkylation sites (tertiary alicyclic amines) is 1. The molecule has 2 aliphatic rings. The Bertz CT molecular complexity index is 1120. The highest BCUT2D eigenvalue weighted by atomic mass is 19.3. The predicted molar refractivity (Wildman–Crippen MR) is 107 cm³/mol. The Balaban J connectivity index is 1.53. The molecule has 5 rings (SSSR count). The molecular weight excluding hydrogens is 390 g/mol. The van der Waals surface area contributed by atoms with Crippen molar-refractivity contribution in [3.05, 3.63) is 52.1 Å². The molecule has 2 aromatic heterocycles. The van der Waals surface area contributed by atoms with E-state index in [0.29, 0.717) is 23.3 Å². The van der Waals surface area contributed by atoms with Crippen molar-refractivity contribution in [1.29, 1.82) is 0 Å². The number of hydrogen-bond donors (Lipinski definition) is 0. The van der Waals surface area contributed by atoms with Crippen molar-refractivity contribution in [1.82, 2.24) is 29.2 Å². The average Bonchev–Trinajstić information content (AvgIpc) is 3.37. The maximum absolute atomic E-state index is 13.3. The number of alkyl halides is 2. The molecule has 1 aromatic carbocycles. The number of nitrogens with zero attached hydrogens (tertiary/aromatic N) is 6. The first-order valence-corrected chi connectivity index (χ1v) is 10.5. The summed E-state index contributed by atoms with van der Waals surface area (Å²) in [5, 5.41) is 9.09. The molecule has 2 aliphatic heterocycles. The molecule has 0 aliphatic carbocycles. The van der Waals surface area contributed by atoms with Gasteiger partial charge in [-0.2, -0.15) is 0 Å². The van der Waals surface area contributed by atoms with E-state index in [2.05, 4.69) is 24.6 Å². The third kappa shape index (κ3) is 3.40. The maximum atomic E-state index is 13.3. The summed E-state index contributed by atoms with van der Waals surface area (Å²) in [7, 11) is 0. The van der Waals surface area contributed by atoms with Gasteiger partial charge in [0.1, 0.15) is 17.5 Å². The largest absolute Gasteiger partial charge is 0.314 e. The number of aryl methyl sites for hydroxylation is 1. The first-order valence-electron chi connectivity index (χ1n) is 10.5. The Morgan fingerprint density at radius 2 is 1.97 bits per heavy atom. The van der Waals surface area contributed by atoms with Gasteiger partial charge in [-0.15, -0.1) is 10.2 Å². The van der Waals surface area contributed by atoms with E-state index in [1.54, 1.807) is 18.2 Å². The Morgan fingerprint density at radius 1 is 1.10 bits per heavy atom. The number of aromatic nitrogens is 5. The van der Waals surface area contributed by atoms with E-state index in [9.17, 15) is 13.6 Å². The number of benzene rings is 1. The topological polar surface area (TPSA) is 68.8 Å². The van der Waals surface area contributed by atoms with Crippen molar-refractivity contribution >= 4 is 10.9 Å². The van der Waals surface area contributed by atoms with Crippen LogP contribution in [0.4, 0.5) is 8.78 Å². The minimum absolute atomic E-state index is 0.197. The lowest BCUT2D eigenvalue weighted by Crippen LogP contribution is -2.34. The van der Waals surface area contributed by atoms with Crippen molar-refractivity contribution in [3.8, 4) is 0 Å². The Kier molecular flexibility index (Phi) is 5.06. The van der Waals surface area contributed by atoms with E-state index in [1.807, 2.05) is 6.07 Å². The van der Waals surface area contributed by atoms with Crippen molar-refractivity contribution in [2.24, 2.45) is 0 Å². The van der Waals surface area contributed by atoms with Gasteiger partial charge in [-0.1, -0.05) is 12.1 Å². The van der Waals surface area contributed by atoms with Gasteiger partial charge in [-0.25, -0.2) is 13.8 Å². The number of hydrogen-bond acceptors (Lipinski definition) is 5. The second-order valence-electron chi connectivity index (χ2n) is 8.06. The summed E-state index contributed by atoms with van der Waals surface area (Å²) in [4.78, 5) is 19.9. The summed E-state index contributed by atoms with van der Waals surface area (Å²) < 4.78 is 30.0. The van der Waals surface area contributed by atoms with Gasteiger partial charge >= 0.3 is 0 Å². The minimum atomic E-state index is -2.62. The molecule has 0 amide bonds. The molecule has 4 heterocycles. The van der Waals surface area contributed by atoms with Crippen LogP contribution in [0.3, 0.4) is 0 Å². The molecule has 1 atom stereocenters. The normalized spacial score (nSPS) is 19.6. The zero-order valence-corrected chi connectivity index (χ0v) is 16.7.